The van der Waals surface area contributed by atoms with E-state index in [9.17, 15) is 0 Å². The normalized spacial score (nSPS) is 12.2. The molecule has 114 heavy (non-hydrogen) atoms. The molecule has 0 amide bonds. The van der Waals surface area contributed by atoms with Crippen LogP contribution in [-0.4, -0.2) is 43.3 Å². The molecule has 540 valence electrons. The van der Waals surface area contributed by atoms with Gasteiger partial charge in [0.1, 0.15) is 5.82 Å². The molecule has 0 bridgehead atoms. The third kappa shape index (κ3) is 11.4. The van der Waals surface area contributed by atoms with Crippen LogP contribution in [0, 0.1) is 0 Å². The van der Waals surface area contributed by atoms with Gasteiger partial charge in [0.2, 0.25) is 5.95 Å². The summed E-state index contributed by atoms with van der Waals surface area (Å²) in [5.41, 5.74) is 5.88. The molecule has 0 fully saturated rings. The molecule has 20 rings (SSSR count). The van der Waals surface area contributed by atoms with Crippen LogP contribution in [0.5, 0.6) is 0 Å². The molecule has 0 aliphatic carbocycles. The molecular weight excluding hydrogens is 1450 g/mol. The van der Waals surface area contributed by atoms with Crippen LogP contribution in [0.4, 0.5) is 0 Å². The zero-order valence-electron chi connectivity index (χ0n) is 62.7. The average molecular weight is 1520 g/mol. The van der Waals surface area contributed by atoms with E-state index >= 15 is 0 Å². The van der Waals surface area contributed by atoms with E-state index in [1.54, 1.807) is 0 Å². The van der Waals surface area contributed by atoms with Gasteiger partial charge in [0, 0.05) is 52.8 Å². The second-order valence-electron chi connectivity index (χ2n) is 29.4. The van der Waals surface area contributed by atoms with Crippen molar-refractivity contribution in [3.63, 3.8) is 0 Å². The minimum absolute atomic E-state index is 0.565. The second-order valence-corrected chi connectivity index (χ2v) is 44.0. The Morgan fingerprint density at radius 2 is 0.421 bits per heavy atom. The fraction of sp³-hybridized carbons (Fsp3) is 0. The summed E-state index contributed by atoms with van der Waals surface area (Å²) in [4.78, 5) is 17.1. The van der Waals surface area contributed by atoms with Crippen LogP contribution in [-0.2, 0) is 0 Å². The molecule has 20 aromatic rings. The Hall–Kier alpha value is -13.6. The van der Waals surface area contributed by atoms with Crippen LogP contribution in [0.3, 0.4) is 0 Å². The molecule has 0 N–H and O–H groups in total. The second kappa shape index (κ2) is 29.6. The van der Waals surface area contributed by atoms with Gasteiger partial charge in [-0.25, -0.2) is 4.98 Å². The van der Waals surface area contributed by atoms with E-state index in [2.05, 4.69) is 482 Å². The molecule has 3 aromatic heterocycles. The fourth-order valence-corrected chi connectivity index (χ4v) is 36.9. The first-order valence-corrected chi connectivity index (χ1v) is 46.8. The smallest absolute Gasteiger partial charge is 0.237 e. The molecule has 0 spiro atoms. The third-order valence-electron chi connectivity index (χ3n) is 23.5. The summed E-state index contributed by atoms with van der Waals surface area (Å²) in [7, 11) is -11.5. The number of benzene rings is 17. The zero-order chi connectivity index (χ0) is 75.9. The Labute approximate surface area is 669 Å². The van der Waals surface area contributed by atoms with Gasteiger partial charge < -0.3 is 0 Å². The molecule has 3 heterocycles. The highest BCUT2D eigenvalue weighted by molar-refractivity contribution is 8.34. The number of nitrogens with zero attached hydrogens (tertiary/aromatic N) is 4. The number of hydrogen-bond donors (Lipinski definition) is 0. The van der Waals surface area contributed by atoms with E-state index in [0.29, 0.717) is 5.95 Å². The number of aromatic nitrogens is 4. The first kappa shape index (κ1) is 69.6. The molecule has 0 atom stereocenters. The lowest BCUT2D eigenvalue weighted by molar-refractivity contribution is 0.952. The van der Waals surface area contributed by atoms with Gasteiger partial charge in [-0.15, -0.1) is 10.0 Å². The maximum atomic E-state index is 6.15. The first-order valence-electron chi connectivity index (χ1n) is 39.2. The molecule has 0 saturated carbocycles. The first-order chi connectivity index (χ1) is 56.5. The lowest BCUT2D eigenvalue weighted by Crippen LogP contribution is -2.74. The van der Waals surface area contributed by atoms with E-state index in [0.717, 1.165) is 60.7 Å². The lowest BCUT2D eigenvalue weighted by atomic mass is 10.1. The molecule has 0 saturated heterocycles. The summed E-state index contributed by atoms with van der Waals surface area (Å²) in [5.74, 6) is 1.31. The Bertz CT molecular complexity index is 5650. The van der Waals surface area contributed by atoms with E-state index in [1.165, 1.54) is 81.8 Å². The predicted molar refractivity (Wildman–Crippen MR) is 487 cm³/mol. The van der Waals surface area contributed by atoms with Crippen molar-refractivity contribution in [3.05, 3.63) is 473 Å². The van der Waals surface area contributed by atoms with Crippen molar-refractivity contribution in [3.8, 4) is 23.0 Å². The SMILES string of the molecule is c1ccc(-c2cc(-n3c4ccc([Si](c5ccccc5)(c5ccccc5)c5ccccc5)cc4c4cc(S(c5ccccc5)(c5ccccc5)c5ccccc5)ccc43)nc(-n3c4ccc([Si](c5ccccc5)(c5ccccc5)c5ccccc5)cc4c4cc([Si](c5ccccc5)(c5ccccc5)c5ccccc5)ccc43)n2)cc1. The minimum Gasteiger partial charge on any atom is -0.294 e. The number of hydrogen-bond acceptors (Lipinski definition) is 2. The topological polar surface area (TPSA) is 35.6 Å². The van der Waals surface area contributed by atoms with Crippen molar-refractivity contribution in [1.29, 1.82) is 0 Å². The zero-order valence-corrected chi connectivity index (χ0v) is 66.5. The van der Waals surface area contributed by atoms with Crippen LogP contribution >= 0.6 is 10.0 Å². The maximum Gasteiger partial charge on any atom is 0.237 e. The quantitative estimate of drug-likeness (QED) is 0.0597. The third-order valence-corrected chi connectivity index (χ3v) is 41.7. The summed E-state index contributed by atoms with van der Waals surface area (Å²) in [6.07, 6.45) is 0. The summed E-state index contributed by atoms with van der Waals surface area (Å²) >= 11 is 0. The average Bonchev–Trinajstić information content (AvgIpc) is 1.48. The van der Waals surface area contributed by atoms with Crippen LogP contribution in [0.25, 0.3) is 66.6 Å². The summed E-state index contributed by atoms with van der Waals surface area (Å²) in [6.45, 7) is 0. The summed E-state index contributed by atoms with van der Waals surface area (Å²) in [6, 6.07) is 178. The van der Waals surface area contributed by atoms with Gasteiger partial charge >= 0.3 is 0 Å². The molecule has 8 heteroatoms. The highest BCUT2D eigenvalue weighted by atomic mass is 32.3. The van der Waals surface area contributed by atoms with E-state index in [4.69, 9.17) is 9.97 Å². The Balaban J connectivity index is 0.911. The maximum absolute atomic E-state index is 6.15. The molecule has 0 aliphatic rings. The molecule has 0 aliphatic heterocycles. The van der Waals surface area contributed by atoms with Crippen LogP contribution < -0.4 is 62.2 Å². The van der Waals surface area contributed by atoms with Crippen molar-refractivity contribution in [2.45, 2.75) is 19.6 Å². The van der Waals surface area contributed by atoms with E-state index in [1.807, 2.05) is 0 Å². The lowest BCUT2D eigenvalue weighted by Gasteiger charge is -2.42. The number of fused-ring (bicyclic) bond motifs is 6. The summed E-state index contributed by atoms with van der Waals surface area (Å²) in [5, 5.41) is 20.1. The monoisotopic (exact) mass is 1520 g/mol. The largest absolute Gasteiger partial charge is 0.294 e. The van der Waals surface area contributed by atoms with Crippen LogP contribution in [0.1, 0.15) is 0 Å². The van der Waals surface area contributed by atoms with Crippen LogP contribution in [0.15, 0.2) is 493 Å². The van der Waals surface area contributed by atoms with Gasteiger partial charge in [0.15, 0.2) is 24.2 Å². The highest BCUT2D eigenvalue weighted by Gasteiger charge is 2.46. The van der Waals surface area contributed by atoms with Crippen molar-refractivity contribution < 1.29 is 0 Å². The van der Waals surface area contributed by atoms with Crippen molar-refractivity contribution >= 4 is 140 Å². The summed E-state index contributed by atoms with van der Waals surface area (Å²) < 4.78 is 4.82. The molecule has 0 unspecified atom stereocenters. The predicted octanol–water partition coefficient (Wildman–Crippen LogP) is 17.8. The van der Waals surface area contributed by atoms with Gasteiger partial charge in [0.05, 0.1) is 27.8 Å². The minimum atomic E-state index is -3.11. The van der Waals surface area contributed by atoms with Crippen molar-refractivity contribution in [1.82, 2.24) is 19.1 Å². The van der Waals surface area contributed by atoms with Gasteiger partial charge in [-0.3, -0.25) is 9.13 Å². The van der Waals surface area contributed by atoms with Crippen LogP contribution in [0.2, 0.25) is 0 Å². The highest BCUT2D eigenvalue weighted by Crippen LogP contribution is 2.73. The van der Waals surface area contributed by atoms with E-state index in [-0.39, 0.29) is 0 Å². The standard InChI is InChI=1S/C106H78N4SSi3/c1-14-40-79(41-15-1)100-78-105(109-101-70-66-83(111(80-42-16-2-17-43-80,81-44-18-3-19-45-81)82-46-20-4-21-47-82)74-96(101)97-75-93(67-71-102(97)109)112(84-48-22-5-23-49-84,85-50-24-6-25-51-85)86-52-26-7-27-53-86)108-106(107-100)110-103-72-68-94(113(87-54-28-8-29-55-87,88-56-30-9-31-57-88)89-58-32-10-33-59-89)76-98(103)99-77-95(69-73-104(99)110)114(90-60-34-11-35-61-90,91-62-36-12-37-63-91)92-64-38-13-39-65-92/h1-78H. The van der Waals surface area contributed by atoms with E-state index < -0.39 is 34.2 Å². The molecular formula is C106H78N4SSi3. The molecule has 17 aromatic carbocycles. The van der Waals surface area contributed by atoms with Crippen molar-refractivity contribution in [2.24, 2.45) is 0 Å². The van der Waals surface area contributed by atoms with Crippen molar-refractivity contribution in [2.75, 3.05) is 0 Å². The Morgan fingerprint density at radius 1 is 0.184 bits per heavy atom. The Morgan fingerprint density at radius 3 is 0.702 bits per heavy atom. The molecule has 0 radical (unpaired) electrons. The number of rotatable bonds is 19. The van der Waals surface area contributed by atoms with Gasteiger partial charge in [-0.05, 0) is 135 Å². The van der Waals surface area contributed by atoms with Gasteiger partial charge in [-0.1, -0.05) is 394 Å². The Kier molecular flexibility index (Phi) is 18.1. The van der Waals surface area contributed by atoms with Gasteiger partial charge in [0.25, 0.3) is 0 Å². The van der Waals surface area contributed by atoms with Gasteiger partial charge in [-0.2, -0.15) is 4.98 Å². The fourth-order valence-electron chi connectivity index (χ4n) is 18.7. The molecule has 4 nitrogen and oxygen atoms in total.